The summed E-state index contributed by atoms with van der Waals surface area (Å²) in [6, 6.07) is 3.87. The highest BCUT2D eigenvalue weighted by atomic mass is 19.1. The van der Waals surface area contributed by atoms with Crippen molar-refractivity contribution in [1.29, 1.82) is 0 Å². The number of benzene rings is 1. The van der Waals surface area contributed by atoms with Gasteiger partial charge >= 0.3 is 0 Å². The van der Waals surface area contributed by atoms with Gasteiger partial charge in [-0.1, -0.05) is 0 Å². The topological polar surface area (TPSA) is 27.3 Å². The molecule has 1 heterocycles. The summed E-state index contributed by atoms with van der Waals surface area (Å²) in [5, 5.41) is 6.35. The van der Waals surface area contributed by atoms with Crippen molar-refractivity contribution in [3.05, 3.63) is 29.8 Å². The number of hydrogen-bond acceptors (Lipinski definition) is 3. The Labute approximate surface area is 106 Å². The van der Waals surface area contributed by atoms with Gasteiger partial charge in [0.05, 0.1) is 5.69 Å². The third kappa shape index (κ3) is 3.65. The van der Waals surface area contributed by atoms with Crippen LogP contribution in [0.4, 0.5) is 14.5 Å². The van der Waals surface area contributed by atoms with Gasteiger partial charge in [0.25, 0.3) is 0 Å². The molecule has 0 amide bonds. The van der Waals surface area contributed by atoms with E-state index in [2.05, 4.69) is 22.6 Å². The van der Waals surface area contributed by atoms with Gasteiger partial charge in [-0.2, -0.15) is 0 Å². The maximum atomic E-state index is 13.3. The second-order valence-electron chi connectivity index (χ2n) is 4.75. The Morgan fingerprint density at radius 2 is 2.28 bits per heavy atom. The van der Waals surface area contributed by atoms with Crippen molar-refractivity contribution < 1.29 is 8.78 Å². The maximum Gasteiger partial charge on any atom is 0.146 e. The van der Waals surface area contributed by atoms with Crippen molar-refractivity contribution in [2.24, 2.45) is 0 Å². The minimum Gasteiger partial charge on any atom is -0.383 e. The molecule has 1 atom stereocenters. The second kappa shape index (κ2) is 6.11. The predicted octanol–water partition coefficient (Wildman–Crippen LogP) is 1.67. The molecule has 1 aromatic carbocycles. The molecule has 1 aliphatic rings. The first-order valence-electron chi connectivity index (χ1n) is 6.26. The van der Waals surface area contributed by atoms with Crippen LogP contribution in [0.2, 0.25) is 0 Å². The van der Waals surface area contributed by atoms with Crippen molar-refractivity contribution >= 4 is 5.69 Å². The summed E-state index contributed by atoms with van der Waals surface area (Å²) in [6.07, 6.45) is 0.889. The zero-order valence-electron chi connectivity index (χ0n) is 10.5. The zero-order chi connectivity index (χ0) is 13.0. The van der Waals surface area contributed by atoms with E-state index in [-0.39, 0.29) is 5.69 Å². The molecule has 0 radical (unpaired) electrons. The highest BCUT2D eigenvalue weighted by molar-refractivity contribution is 5.44. The first kappa shape index (κ1) is 13.2. The molecule has 0 spiro atoms. The highest BCUT2D eigenvalue weighted by Gasteiger charge is 2.15. The lowest BCUT2D eigenvalue weighted by Crippen LogP contribution is -2.49. The minimum absolute atomic E-state index is 0.235. The first-order chi connectivity index (χ1) is 8.65. The number of nitrogens with one attached hydrogen (secondary N) is 2. The number of piperazine rings is 1. The van der Waals surface area contributed by atoms with Gasteiger partial charge < -0.3 is 15.5 Å². The van der Waals surface area contributed by atoms with Crippen LogP contribution >= 0.6 is 0 Å². The Bertz CT molecular complexity index is 398. The van der Waals surface area contributed by atoms with E-state index < -0.39 is 11.6 Å². The van der Waals surface area contributed by atoms with Gasteiger partial charge in [0.1, 0.15) is 11.6 Å². The van der Waals surface area contributed by atoms with Crippen LogP contribution in [0.15, 0.2) is 18.2 Å². The molecule has 0 saturated carbocycles. The van der Waals surface area contributed by atoms with E-state index >= 15 is 0 Å². The molecule has 0 aliphatic carbocycles. The molecular formula is C13H19F2N3. The van der Waals surface area contributed by atoms with Gasteiger partial charge in [-0.05, 0) is 31.7 Å². The van der Waals surface area contributed by atoms with Crippen LogP contribution in [0.3, 0.4) is 0 Å². The summed E-state index contributed by atoms with van der Waals surface area (Å²) in [5.74, 6) is -0.834. The van der Waals surface area contributed by atoms with E-state index in [0.717, 1.165) is 38.2 Å². The molecule has 1 aromatic rings. The zero-order valence-corrected chi connectivity index (χ0v) is 10.5. The average Bonchev–Trinajstić information content (AvgIpc) is 2.34. The molecule has 1 saturated heterocycles. The van der Waals surface area contributed by atoms with E-state index in [4.69, 9.17) is 0 Å². The van der Waals surface area contributed by atoms with Crippen molar-refractivity contribution in [3.8, 4) is 0 Å². The molecule has 2 rings (SSSR count). The molecule has 3 nitrogen and oxygen atoms in total. The van der Waals surface area contributed by atoms with Crippen LogP contribution in [-0.4, -0.2) is 44.2 Å². The first-order valence-corrected chi connectivity index (χ1v) is 6.26. The van der Waals surface area contributed by atoms with Crippen LogP contribution in [-0.2, 0) is 0 Å². The number of likely N-dealkylation sites (N-methyl/N-ethyl adjacent to an activating group) is 1. The number of halogens is 2. The van der Waals surface area contributed by atoms with Crippen LogP contribution in [0.1, 0.15) is 6.42 Å². The Kier molecular flexibility index (Phi) is 4.49. The SMILES string of the molecule is CN1CCNC(CCNc2cc(F)ccc2F)C1. The molecule has 1 aliphatic heterocycles. The summed E-state index contributed by atoms with van der Waals surface area (Å²) in [7, 11) is 2.09. The van der Waals surface area contributed by atoms with Crippen molar-refractivity contribution in [2.75, 3.05) is 38.5 Å². The summed E-state index contributed by atoms with van der Waals surface area (Å²) < 4.78 is 26.3. The Hall–Kier alpha value is -1.20. The summed E-state index contributed by atoms with van der Waals surface area (Å²) in [5.41, 5.74) is 0.235. The summed E-state index contributed by atoms with van der Waals surface area (Å²) in [4.78, 5) is 2.27. The van der Waals surface area contributed by atoms with Gasteiger partial charge in [-0.15, -0.1) is 0 Å². The van der Waals surface area contributed by atoms with Gasteiger partial charge in [0.15, 0.2) is 0 Å². The molecule has 0 aromatic heterocycles. The van der Waals surface area contributed by atoms with E-state index in [9.17, 15) is 8.78 Å². The maximum absolute atomic E-state index is 13.3. The van der Waals surface area contributed by atoms with Crippen LogP contribution < -0.4 is 10.6 Å². The van der Waals surface area contributed by atoms with Gasteiger partial charge in [0, 0.05) is 32.2 Å². The average molecular weight is 255 g/mol. The van der Waals surface area contributed by atoms with Gasteiger partial charge in [-0.25, -0.2) is 8.78 Å². The number of rotatable bonds is 4. The highest BCUT2D eigenvalue weighted by Crippen LogP contribution is 2.15. The fraction of sp³-hybridized carbons (Fsp3) is 0.538. The van der Waals surface area contributed by atoms with E-state index in [1.165, 1.54) is 6.07 Å². The Morgan fingerprint density at radius 3 is 3.06 bits per heavy atom. The fourth-order valence-corrected chi connectivity index (χ4v) is 2.20. The summed E-state index contributed by atoms with van der Waals surface area (Å²) in [6.45, 7) is 3.66. The number of hydrogen-bond donors (Lipinski definition) is 2. The lowest BCUT2D eigenvalue weighted by Gasteiger charge is -2.31. The van der Waals surface area contributed by atoms with Gasteiger partial charge in [-0.3, -0.25) is 0 Å². The third-order valence-electron chi connectivity index (χ3n) is 3.20. The number of anilines is 1. The molecular weight excluding hydrogens is 236 g/mol. The van der Waals surface area contributed by atoms with Crippen LogP contribution in [0.25, 0.3) is 0 Å². The van der Waals surface area contributed by atoms with E-state index in [1.807, 2.05) is 0 Å². The number of nitrogens with zero attached hydrogens (tertiary/aromatic N) is 1. The standard InChI is InChI=1S/C13H19F2N3/c1-18-7-6-16-11(9-18)4-5-17-13-8-10(14)2-3-12(13)15/h2-3,8,11,16-17H,4-7,9H2,1H3. The lowest BCUT2D eigenvalue weighted by atomic mass is 10.1. The van der Waals surface area contributed by atoms with Crippen LogP contribution in [0, 0.1) is 11.6 Å². The second-order valence-corrected chi connectivity index (χ2v) is 4.75. The monoisotopic (exact) mass is 255 g/mol. The molecule has 100 valence electrons. The van der Waals surface area contributed by atoms with Crippen LogP contribution in [0.5, 0.6) is 0 Å². The molecule has 2 N–H and O–H groups in total. The predicted molar refractivity (Wildman–Crippen MR) is 68.8 cm³/mol. The molecule has 5 heteroatoms. The molecule has 0 bridgehead atoms. The third-order valence-corrected chi connectivity index (χ3v) is 3.20. The van der Waals surface area contributed by atoms with Crippen molar-refractivity contribution in [2.45, 2.75) is 12.5 Å². The Morgan fingerprint density at radius 1 is 1.44 bits per heavy atom. The smallest absolute Gasteiger partial charge is 0.146 e. The fourth-order valence-electron chi connectivity index (χ4n) is 2.20. The van der Waals surface area contributed by atoms with Crippen molar-refractivity contribution in [1.82, 2.24) is 10.2 Å². The van der Waals surface area contributed by atoms with Gasteiger partial charge in [0.2, 0.25) is 0 Å². The Balaban J connectivity index is 1.79. The quantitative estimate of drug-likeness (QED) is 0.857. The minimum atomic E-state index is -0.422. The molecule has 1 unspecified atom stereocenters. The molecule has 18 heavy (non-hydrogen) atoms. The summed E-state index contributed by atoms with van der Waals surface area (Å²) >= 11 is 0. The molecule has 1 fully saturated rings. The van der Waals surface area contributed by atoms with E-state index in [0.29, 0.717) is 12.6 Å². The van der Waals surface area contributed by atoms with Crippen molar-refractivity contribution in [3.63, 3.8) is 0 Å². The lowest BCUT2D eigenvalue weighted by molar-refractivity contribution is 0.234. The normalized spacial score (nSPS) is 20.9. The van der Waals surface area contributed by atoms with E-state index in [1.54, 1.807) is 0 Å². The largest absolute Gasteiger partial charge is 0.383 e.